The third-order valence-corrected chi connectivity index (χ3v) is 4.68. The van der Waals surface area contributed by atoms with Crippen LogP contribution in [0.15, 0.2) is 53.4 Å². The van der Waals surface area contributed by atoms with Crippen molar-refractivity contribution in [3.05, 3.63) is 59.7 Å². The first-order valence-electron chi connectivity index (χ1n) is 8.13. The molecule has 1 amide bonds. The summed E-state index contributed by atoms with van der Waals surface area (Å²) in [7, 11) is 1.65. The van der Waals surface area contributed by atoms with E-state index in [4.69, 9.17) is 4.74 Å². The Bertz CT molecular complexity index is 668. The number of hydrogen-bond donors (Lipinski definition) is 1. The van der Waals surface area contributed by atoms with Crippen LogP contribution in [0.2, 0.25) is 0 Å². The van der Waals surface area contributed by atoms with E-state index in [1.165, 1.54) is 0 Å². The van der Waals surface area contributed by atoms with E-state index in [1.807, 2.05) is 54.8 Å². The number of hydrogen-bond acceptors (Lipinski definition) is 3. The number of thioether (sulfide) groups is 1. The Morgan fingerprint density at radius 3 is 2.38 bits per heavy atom. The van der Waals surface area contributed by atoms with Gasteiger partial charge in [-0.1, -0.05) is 38.1 Å². The molecule has 2 aromatic carbocycles. The van der Waals surface area contributed by atoms with E-state index in [9.17, 15) is 4.79 Å². The number of carbonyl (C=O) groups excluding carboxylic acids is 1. The van der Waals surface area contributed by atoms with Crippen molar-refractivity contribution in [3.63, 3.8) is 0 Å². The van der Waals surface area contributed by atoms with E-state index in [2.05, 4.69) is 19.2 Å². The van der Waals surface area contributed by atoms with Crippen molar-refractivity contribution in [1.82, 2.24) is 5.32 Å². The van der Waals surface area contributed by atoms with E-state index in [1.54, 1.807) is 18.9 Å². The monoisotopic (exact) mass is 343 g/mol. The van der Waals surface area contributed by atoms with Gasteiger partial charge < -0.3 is 10.1 Å². The fraction of sp³-hybridized carbons (Fsp3) is 0.350. The molecule has 0 unspecified atom stereocenters. The zero-order valence-electron chi connectivity index (χ0n) is 14.7. The lowest BCUT2D eigenvalue weighted by molar-refractivity contribution is 0.0929. The number of methoxy groups -OCH3 is 1. The summed E-state index contributed by atoms with van der Waals surface area (Å²) in [6.45, 7) is 4.33. The van der Waals surface area contributed by atoms with Crippen molar-refractivity contribution < 1.29 is 9.53 Å². The average molecular weight is 343 g/mol. The van der Waals surface area contributed by atoms with Crippen molar-refractivity contribution in [3.8, 4) is 5.75 Å². The maximum Gasteiger partial charge on any atom is 0.252 e. The lowest BCUT2D eigenvalue weighted by atomic mass is 9.96. The zero-order valence-corrected chi connectivity index (χ0v) is 15.5. The van der Waals surface area contributed by atoms with Gasteiger partial charge in [0.1, 0.15) is 5.75 Å². The van der Waals surface area contributed by atoms with Gasteiger partial charge in [-0.2, -0.15) is 0 Å². The standard InChI is InChI=1S/C20H25NO2S/c1-14(2)13-18(15-9-11-16(23-3)12-10-15)21-20(22)17-7-5-6-8-19(17)24-4/h5-12,14,18H,13H2,1-4H3,(H,21,22)/t18-/m0/s1. The molecule has 0 aromatic heterocycles. The van der Waals surface area contributed by atoms with Crippen LogP contribution in [0.4, 0.5) is 0 Å². The summed E-state index contributed by atoms with van der Waals surface area (Å²) < 4.78 is 5.22. The number of carbonyl (C=O) groups is 1. The molecule has 0 fully saturated rings. The number of benzene rings is 2. The van der Waals surface area contributed by atoms with Crippen LogP contribution in [0.3, 0.4) is 0 Å². The Morgan fingerprint density at radius 1 is 1.12 bits per heavy atom. The van der Waals surface area contributed by atoms with E-state index in [0.29, 0.717) is 5.92 Å². The Kier molecular flexibility index (Phi) is 6.73. The van der Waals surface area contributed by atoms with Crippen molar-refractivity contribution >= 4 is 17.7 Å². The molecule has 2 rings (SSSR count). The van der Waals surface area contributed by atoms with E-state index >= 15 is 0 Å². The molecule has 0 saturated carbocycles. The van der Waals surface area contributed by atoms with Gasteiger partial charge in [0, 0.05) is 4.90 Å². The highest BCUT2D eigenvalue weighted by atomic mass is 32.2. The molecule has 0 aliphatic carbocycles. The minimum atomic E-state index is -0.0265. The highest BCUT2D eigenvalue weighted by molar-refractivity contribution is 7.98. The van der Waals surface area contributed by atoms with Crippen LogP contribution in [-0.2, 0) is 0 Å². The summed E-state index contributed by atoms with van der Waals surface area (Å²) in [4.78, 5) is 13.8. The Labute approximate surface area is 148 Å². The van der Waals surface area contributed by atoms with Gasteiger partial charge in [0.25, 0.3) is 5.91 Å². The first-order valence-corrected chi connectivity index (χ1v) is 9.35. The maximum absolute atomic E-state index is 12.8. The summed E-state index contributed by atoms with van der Waals surface area (Å²) in [6, 6.07) is 15.6. The minimum absolute atomic E-state index is 0.0154. The first kappa shape index (κ1) is 18.4. The SMILES string of the molecule is COc1ccc([C@H](CC(C)C)NC(=O)c2ccccc2SC)cc1. The Balaban J connectivity index is 2.23. The summed E-state index contributed by atoms with van der Waals surface area (Å²) >= 11 is 1.59. The van der Waals surface area contributed by atoms with Crippen molar-refractivity contribution in [2.24, 2.45) is 5.92 Å². The second-order valence-electron chi connectivity index (χ2n) is 6.13. The molecule has 1 atom stereocenters. The minimum Gasteiger partial charge on any atom is -0.497 e. The summed E-state index contributed by atoms with van der Waals surface area (Å²) in [5.41, 5.74) is 1.83. The van der Waals surface area contributed by atoms with Crippen LogP contribution in [-0.4, -0.2) is 19.3 Å². The van der Waals surface area contributed by atoms with Gasteiger partial charge in [-0.25, -0.2) is 0 Å². The van der Waals surface area contributed by atoms with Crippen molar-refractivity contribution in [1.29, 1.82) is 0 Å². The average Bonchev–Trinajstić information content (AvgIpc) is 2.60. The molecule has 0 heterocycles. The van der Waals surface area contributed by atoms with Crippen LogP contribution in [0.5, 0.6) is 5.75 Å². The predicted octanol–water partition coefficient (Wildman–Crippen LogP) is 4.93. The predicted molar refractivity (Wildman–Crippen MR) is 101 cm³/mol. The lowest BCUT2D eigenvalue weighted by Crippen LogP contribution is -2.29. The maximum atomic E-state index is 12.8. The molecule has 24 heavy (non-hydrogen) atoms. The van der Waals surface area contributed by atoms with E-state index in [-0.39, 0.29) is 11.9 Å². The molecule has 0 bridgehead atoms. The van der Waals surface area contributed by atoms with Gasteiger partial charge in [-0.3, -0.25) is 4.79 Å². The summed E-state index contributed by atoms with van der Waals surface area (Å²) in [5.74, 6) is 1.27. The number of ether oxygens (including phenoxy) is 1. The highest BCUT2D eigenvalue weighted by Crippen LogP contribution is 2.25. The van der Waals surface area contributed by atoms with Crippen molar-refractivity contribution in [2.45, 2.75) is 31.2 Å². The Morgan fingerprint density at radius 2 is 1.79 bits per heavy atom. The second-order valence-corrected chi connectivity index (χ2v) is 6.98. The molecule has 0 aliphatic rings. The van der Waals surface area contributed by atoms with Gasteiger partial charge in [0.15, 0.2) is 0 Å². The number of rotatable bonds is 7. The summed E-state index contributed by atoms with van der Waals surface area (Å²) in [6.07, 6.45) is 2.88. The van der Waals surface area contributed by atoms with Gasteiger partial charge in [-0.05, 0) is 48.4 Å². The molecular weight excluding hydrogens is 318 g/mol. The number of nitrogens with one attached hydrogen (secondary N) is 1. The van der Waals surface area contributed by atoms with Crippen LogP contribution in [0, 0.1) is 5.92 Å². The normalized spacial score (nSPS) is 12.0. The molecule has 1 N–H and O–H groups in total. The highest BCUT2D eigenvalue weighted by Gasteiger charge is 2.19. The fourth-order valence-electron chi connectivity index (χ4n) is 2.65. The largest absolute Gasteiger partial charge is 0.497 e. The fourth-order valence-corrected chi connectivity index (χ4v) is 3.25. The quantitative estimate of drug-likeness (QED) is 0.724. The molecular formula is C20H25NO2S. The molecule has 0 spiro atoms. The molecule has 0 radical (unpaired) electrons. The van der Waals surface area contributed by atoms with E-state index in [0.717, 1.165) is 28.2 Å². The zero-order chi connectivity index (χ0) is 17.5. The van der Waals surface area contributed by atoms with Gasteiger partial charge in [0.05, 0.1) is 18.7 Å². The van der Waals surface area contributed by atoms with E-state index < -0.39 is 0 Å². The topological polar surface area (TPSA) is 38.3 Å². The van der Waals surface area contributed by atoms with Gasteiger partial charge in [-0.15, -0.1) is 11.8 Å². The second kappa shape index (κ2) is 8.78. The third-order valence-electron chi connectivity index (χ3n) is 3.88. The molecule has 3 nitrogen and oxygen atoms in total. The van der Waals surface area contributed by atoms with Gasteiger partial charge in [0.2, 0.25) is 0 Å². The smallest absolute Gasteiger partial charge is 0.252 e. The van der Waals surface area contributed by atoms with Gasteiger partial charge >= 0.3 is 0 Å². The van der Waals surface area contributed by atoms with Crippen LogP contribution >= 0.6 is 11.8 Å². The molecule has 2 aromatic rings. The molecule has 0 saturated heterocycles. The third kappa shape index (κ3) is 4.78. The molecule has 128 valence electrons. The van der Waals surface area contributed by atoms with Crippen LogP contribution in [0.1, 0.15) is 42.2 Å². The Hall–Kier alpha value is -1.94. The molecule has 0 aliphatic heterocycles. The number of amides is 1. The summed E-state index contributed by atoms with van der Waals surface area (Å²) in [5, 5.41) is 3.20. The lowest BCUT2D eigenvalue weighted by Gasteiger charge is -2.22. The van der Waals surface area contributed by atoms with Crippen LogP contribution in [0.25, 0.3) is 0 Å². The first-order chi connectivity index (χ1) is 11.5. The van der Waals surface area contributed by atoms with Crippen molar-refractivity contribution in [2.75, 3.05) is 13.4 Å². The van der Waals surface area contributed by atoms with Crippen LogP contribution < -0.4 is 10.1 Å². The molecule has 4 heteroatoms.